The van der Waals surface area contributed by atoms with Crippen LogP contribution < -0.4 is 5.32 Å². The maximum atomic E-state index is 11.4. The minimum Gasteiger partial charge on any atom is -0.468 e. The molecule has 15 heavy (non-hydrogen) atoms. The predicted molar refractivity (Wildman–Crippen MR) is 56.1 cm³/mol. The lowest BCUT2D eigenvalue weighted by atomic mass is 10.1. The second-order valence-corrected chi connectivity index (χ2v) is 3.92. The number of carbonyl (C=O) groups excluding carboxylic acids is 1. The number of hydrogen-bond acceptors (Lipinski definition) is 4. The van der Waals surface area contributed by atoms with Crippen LogP contribution in [0, 0.1) is 0 Å². The number of nitrogens with zero attached hydrogens (tertiary/aromatic N) is 2. The van der Waals surface area contributed by atoms with Crippen molar-refractivity contribution in [3.8, 4) is 0 Å². The van der Waals surface area contributed by atoms with Gasteiger partial charge in [0.25, 0.3) is 0 Å². The minimum atomic E-state index is -0.682. The molecule has 0 spiro atoms. The largest absolute Gasteiger partial charge is 0.468 e. The number of hydrogen-bond donors (Lipinski definition) is 1. The van der Waals surface area contributed by atoms with Gasteiger partial charge >= 0.3 is 5.97 Å². The monoisotopic (exact) mass is 211 g/mol. The van der Waals surface area contributed by atoms with Crippen LogP contribution in [-0.4, -0.2) is 28.4 Å². The van der Waals surface area contributed by atoms with Crippen molar-refractivity contribution in [1.82, 2.24) is 15.1 Å². The van der Waals surface area contributed by atoms with Crippen LogP contribution in [0.1, 0.15) is 19.5 Å². The third-order valence-electron chi connectivity index (χ3n) is 2.33. The molecule has 1 heterocycles. The van der Waals surface area contributed by atoms with Gasteiger partial charge in [0.15, 0.2) is 0 Å². The first-order valence-electron chi connectivity index (χ1n) is 4.77. The first kappa shape index (κ1) is 11.7. The van der Waals surface area contributed by atoms with Crippen molar-refractivity contribution in [2.24, 2.45) is 7.05 Å². The third-order valence-corrected chi connectivity index (χ3v) is 2.33. The summed E-state index contributed by atoms with van der Waals surface area (Å²) in [5.41, 5.74) is 0.339. The Labute approximate surface area is 89.4 Å². The highest BCUT2D eigenvalue weighted by Gasteiger charge is 2.27. The Balaban J connectivity index is 2.57. The molecule has 84 valence electrons. The molecule has 0 aliphatic rings. The van der Waals surface area contributed by atoms with E-state index in [1.54, 1.807) is 24.7 Å². The number of aromatic nitrogens is 2. The zero-order chi connectivity index (χ0) is 11.5. The van der Waals surface area contributed by atoms with Gasteiger partial charge < -0.3 is 4.74 Å². The number of esters is 1. The number of aryl methyl sites for hydroxylation is 1. The zero-order valence-corrected chi connectivity index (χ0v) is 9.57. The van der Waals surface area contributed by atoms with E-state index in [4.69, 9.17) is 4.74 Å². The molecular formula is C10H17N3O2. The summed E-state index contributed by atoms with van der Waals surface area (Å²) in [6.07, 6.45) is 1.72. The van der Waals surface area contributed by atoms with Gasteiger partial charge in [-0.2, -0.15) is 5.10 Å². The van der Waals surface area contributed by atoms with Crippen LogP contribution in [0.5, 0.6) is 0 Å². The van der Waals surface area contributed by atoms with Crippen LogP contribution in [0.25, 0.3) is 0 Å². The van der Waals surface area contributed by atoms with Crippen molar-refractivity contribution in [3.05, 3.63) is 18.0 Å². The van der Waals surface area contributed by atoms with Gasteiger partial charge in [-0.05, 0) is 19.9 Å². The number of carbonyl (C=O) groups is 1. The van der Waals surface area contributed by atoms with Gasteiger partial charge in [-0.15, -0.1) is 0 Å². The van der Waals surface area contributed by atoms with Gasteiger partial charge in [-0.25, -0.2) is 0 Å². The molecule has 1 N–H and O–H groups in total. The highest BCUT2D eigenvalue weighted by Crippen LogP contribution is 2.06. The first-order valence-corrected chi connectivity index (χ1v) is 4.77. The molecule has 5 heteroatoms. The molecule has 0 saturated heterocycles. The van der Waals surface area contributed by atoms with Crippen LogP contribution in [-0.2, 0) is 23.1 Å². The van der Waals surface area contributed by atoms with Crippen molar-refractivity contribution in [3.63, 3.8) is 0 Å². The Morgan fingerprint density at radius 2 is 2.33 bits per heavy atom. The summed E-state index contributed by atoms with van der Waals surface area (Å²) in [6.45, 7) is 4.16. The first-order chi connectivity index (χ1) is 6.97. The predicted octanol–water partition coefficient (Wildman–Crippen LogP) is 0.461. The van der Waals surface area contributed by atoms with Crippen LogP contribution in [0.3, 0.4) is 0 Å². The van der Waals surface area contributed by atoms with Crippen molar-refractivity contribution >= 4 is 5.97 Å². The lowest BCUT2D eigenvalue weighted by molar-refractivity contribution is -0.147. The molecule has 0 atom stereocenters. The van der Waals surface area contributed by atoms with E-state index < -0.39 is 5.54 Å². The molecule has 5 nitrogen and oxygen atoms in total. The molecule has 1 aromatic heterocycles. The van der Waals surface area contributed by atoms with Gasteiger partial charge in [0.05, 0.1) is 12.8 Å². The summed E-state index contributed by atoms with van der Waals surface area (Å²) in [6, 6.07) is 1.90. The highest BCUT2D eigenvalue weighted by molar-refractivity contribution is 5.79. The molecular weight excluding hydrogens is 194 g/mol. The van der Waals surface area contributed by atoms with Gasteiger partial charge in [0, 0.05) is 19.8 Å². The number of nitrogens with one attached hydrogen (secondary N) is 1. The maximum Gasteiger partial charge on any atom is 0.325 e. The van der Waals surface area contributed by atoms with E-state index in [1.807, 2.05) is 13.1 Å². The van der Waals surface area contributed by atoms with Crippen LogP contribution >= 0.6 is 0 Å². The van der Waals surface area contributed by atoms with Crippen LogP contribution in [0.4, 0.5) is 0 Å². The number of methoxy groups -OCH3 is 1. The van der Waals surface area contributed by atoms with E-state index in [-0.39, 0.29) is 5.97 Å². The minimum absolute atomic E-state index is 0.273. The lowest BCUT2D eigenvalue weighted by Gasteiger charge is -2.23. The summed E-state index contributed by atoms with van der Waals surface area (Å²) in [4.78, 5) is 11.4. The van der Waals surface area contributed by atoms with Gasteiger partial charge in [-0.3, -0.25) is 14.8 Å². The Morgan fingerprint density at radius 3 is 2.80 bits per heavy atom. The topological polar surface area (TPSA) is 56.1 Å². The Morgan fingerprint density at radius 1 is 1.67 bits per heavy atom. The van der Waals surface area contributed by atoms with Gasteiger partial charge in [0.1, 0.15) is 5.54 Å². The van der Waals surface area contributed by atoms with E-state index in [2.05, 4.69) is 10.4 Å². The average Bonchev–Trinajstić information content (AvgIpc) is 2.60. The normalized spacial score (nSPS) is 11.5. The van der Waals surface area contributed by atoms with E-state index in [1.165, 1.54) is 7.11 Å². The second kappa shape index (κ2) is 4.44. The van der Waals surface area contributed by atoms with Crippen LogP contribution in [0.2, 0.25) is 0 Å². The fourth-order valence-electron chi connectivity index (χ4n) is 1.21. The zero-order valence-electron chi connectivity index (χ0n) is 9.57. The quantitative estimate of drug-likeness (QED) is 0.735. The van der Waals surface area contributed by atoms with Gasteiger partial charge in [-0.1, -0.05) is 0 Å². The SMILES string of the molecule is COC(=O)C(C)(C)NCc1ccnn1C. The van der Waals surface area contributed by atoms with E-state index in [0.29, 0.717) is 6.54 Å². The lowest BCUT2D eigenvalue weighted by Crippen LogP contribution is -2.47. The maximum absolute atomic E-state index is 11.4. The summed E-state index contributed by atoms with van der Waals surface area (Å²) in [7, 11) is 3.25. The fourth-order valence-corrected chi connectivity index (χ4v) is 1.21. The Hall–Kier alpha value is -1.36. The molecule has 0 aliphatic heterocycles. The van der Waals surface area contributed by atoms with E-state index >= 15 is 0 Å². The summed E-state index contributed by atoms with van der Waals surface area (Å²) in [5, 5.41) is 7.16. The molecule has 1 rings (SSSR count). The molecule has 0 aromatic carbocycles. The standard InChI is InChI=1S/C10H17N3O2/c1-10(2,9(14)15-4)11-7-8-5-6-12-13(8)3/h5-6,11H,7H2,1-4H3. The van der Waals surface area contributed by atoms with Crippen molar-refractivity contribution in [1.29, 1.82) is 0 Å². The molecule has 0 aliphatic carbocycles. The van der Waals surface area contributed by atoms with Crippen LogP contribution in [0.15, 0.2) is 12.3 Å². The summed E-state index contributed by atoms with van der Waals surface area (Å²) in [5.74, 6) is -0.273. The Kier molecular flexibility index (Phi) is 3.47. The van der Waals surface area contributed by atoms with E-state index in [9.17, 15) is 4.79 Å². The number of ether oxygens (including phenoxy) is 1. The van der Waals surface area contributed by atoms with E-state index in [0.717, 1.165) is 5.69 Å². The molecule has 0 saturated carbocycles. The van der Waals surface area contributed by atoms with Crippen molar-refractivity contribution in [2.75, 3.05) is 7.11 Å². The smallest absolute Gasteiger partial charge is 0.325 e. The average molecular weight is 211 g/mol. The molecule has 0 bridgehead atoms. The van der Waals surface area contributed by atoms with Crippen molar-refractivity contribution < 1.29 is 9.53 Å². The van der Waals surface area contributed by atoms with Gasteiger partial charge in [0.2, 0.25) is 0 Å². The third kappa shape index (κ3) is 2.79. The number of rotatable bonds is 4. The summed E-state index contributed by atoms with van der Waals surface area (Å²) < 4.78 is 6.46. The molecule has 0 fully saturated rings. The highest BCUT2D eigenvalue weighted by atomic mass is 16.5. The molecule has 1 aromatic rings. The Bertz CT molecular complexity index is 344. The summed E-state index contributed by atoms with van der Waals surface area (Å²) >= 11 is 0. The fraction of sp³-hybridized carbons (Fsp3) is 0.600. The molecule has 0 amide bonds. The molecule has 0 radical (unpaired) electrons. The second-order valence-electron chi connectivity index (χ2n) is 3.92. The molecule has 0 unspecified atom stereocenters. The van der Waals surface area contributed by atoms with Crippen molar-refractivity contribution in [2.45, 2.75) is 25.9 Å².